The van der Waals surface area contributed by atoms with Crippen molar-refractivity contribution < 1.29 is 9.21 Å². The van der Waals surface area contributed by atoms with Gasteiger partial charge in [0.15, 0.2) is 11.5 Å². The highest BCUT2D eigenvalue weighted by Crippen LogP contribution is 2.22. The topological polar surface area (TPSA) is 91.8 Å². The molecule has 0 aromatic carbocycles. The summed E-state index contributed by atoms with van der Waals surface area (Å²) in [6, 6.07) is 8.62. The second kappa shape index (κ2) is 11.2. The van der Waals surface area contributed by atoms with Crippen molar-refractivity contribution in [2.24, 2.45) is 0 Å². The molecular formula is C26H37N7O2. The third-order valence-electron chi connectivity index (χ3n) is 7.33. The third-order valence-corrected chi connectivity index (χ3v) is 7.33. The van der Waals surface area contributed by atoms with Crippen molar-refractivity contribution in [3.63, 3.8) is 0 Å². The molecule has 0 spiro atoms. The average Bonchev–Trinajstić information content (AvgIpc) is 3.53. The van der Waals surface area contributed by atoms with E-state index in [0.29, 0.717) is 36.9 Å². The highest BCUT2D eigenvalue weighted by Gasteiger charge is 2.22. The molecule has 1 atom stereocenters. The van der Waals surface area contributed by atoms with Crippen LogP contribution in [0.4, 0.5) is 5.82 Å². The van der Waals surface area contributed by atoms with Gasteiger partial charge in [-0.2, -0.15) is 4.52 Å². The first-order valence-electron chi connectivity index (χ1n) is 13.2. The number of hydrogen-bond donors (Lipinski definition) is 1. The zero-order chi connectivity index (χ0) is 24.0. The first-order chi connectivity index (χ1) is 17.2. The molecule has 3 aromatic heterocycles. The van der Waals surface area contributed by atoms with Crippen LogP contribution in [0.3, 0.4) is 0 Å². The SMILES string of the molecule is CCC1CCCCN1Cc1ccc(CNC(=O)CCc2nnc3ccc(N4CCCCC4)nn23)o1. The van der Waals surface area contributed by atoms with Crippen LogP contribution in [0.5, 0.6) is 0 Å². The maximum absolute atomic E-state index is 12.5. The average molecular weight is 480 g/mol. The Labute approximate surface area is 206 Å². The second-order valence-corrected chi connectivity index (χ2v) is 9.80. The Morgan fingerprint density at radius 2 is 1.86 bits per heavy atom. The van der Waals surface area contributed by atoms with Gasteiger partial charge in [0.1, 0.15) is 17.3 Å². The van der Waals surface area contributed by atoms with Gasteiger partial charge in [0.25, 0.3) is 0 Å². The molecule has 3 aromatic rings. The van der Waals surface area contributed by atoms with Gasteiger partial charge in [-0.1, -0.05) is 13.3 Å². The lowest BCUT2D eigenvalue weighted by Gasteiger charge is -2.34. The van der Waals surface area contributed by atoms with Crippen molar-refractivity contribution in [1.82, 2.24) is 30.0 Å². The van der Waals surface area contributed by atoms with E-state index in [2.05, 4.69) is 32.2 Å². The molecule has 2 aliphatic heterocycles. The summed E-state index contributed by atoms with van der Waals surface area (Å²) in [6.45, 7) is 6.70. The summed E-state index contributed by atoms with van der Waals surface area (Å²) in [5, 5.41) is 16.2. The molecular weight excluding hydrogens is 442 g/mol. The van der Waals surface area contributed by atoms with Gasteiger partial charge >= 0.3 is 0 Å². The van der Waals surface area contributed by atoms with Crippen LogP contribution in [0.2, 0.25) is 0 Å². The van der Waals surface area contributed by atoms with E-state index in [1.807, 2.05) is 24.3 Å². The molecule has 0 bridgehead atoms. The zero-order valence-corrected chi connectivity index (χ0v) is 20.8. The zero-order valence-electron chi connectivity index (χ0n) is 20.8. The molecule has 1 unspecified atom stereocenters. The molecule has 9 heteroatoms. The lowest BCUT2D eigenvalue weighted by Crippen LogP contribution is -2.38. The van der Waals surface area contributed by atoms with Gasteiger partial charge in [-0.15, -0.1) is 15.3 Å². The summed E-state index contributed by atoms with van der Waals surface area (Å²) in [6.07, 6.45) is 9.53. The standard InChI is InChI=1S/C26H37N7O2/c1-2-20-8-4-7-17-32(20)19-22-10-9-21(35-22)18-27-26(34)14-13-24-29-28-23-11-12-25(30-33(23)24)31-15-5-3-6-16-31/h9-12,20H,2-8,13-19H2,1H3,(H,27,34). The summed E-state index contributed by atoms with van der Waals surface area (Å²) in [4.78, 5) is 17.4. The predicted octanol–water partition coefficient (Wildman–Crippen LogP) is 3.72. The van der Waals surface area contributed by atoms with E-state index >= 15 is 0 Å². The number of nitrogens with zero attached hydrogens (tertiary/aromatic N) is 6. The van der Waals surface area contributed by atoms with E-state index in [1.165, 1.54) is 44.9 Å². The monoisotopic (exact) mass is 479 g/mol. The third kappa shape index (κ3) is 5.83. The van der Waals surface area contributed by atoms with E-state index in [4.69, 9.17) is 9.52 Å². The van der Waals surface area contributed by atoms with Crippen molar-refractivity contribution in [3.8, 4) is 0 Å². The lowest BCUT2D eigenvalue weighted by molar-refractivity contribution is -0.121. The normalized spacial score (nSPS) is 19.3. The number of anilines is 1. The summed E-state index contributed by atoms with van der Waals surface area (Å²) >= 11 is 0. The van der Waals surface area contributed by atoms with Gasteiger partial charge in [-0.25, -0.2) is 0 Å². The first-order valence-corrected chi connectivity index (χ1v) is 13.2. The fraction of sp³-hybridized carbons (Fsp3) is 0.615. The number of likely N-dealkylation sites (tertiary alicyclic amines) is 1. The molecule has 0 radical (unpaired) electrons. The van der Waals surface area contributed by atoms with E-state index in [1.54, 1.807) is 4.52 Å². The van der Waals surface area contributed by atoms with E-state index < -0.39 is 0 Å². The number of carbonyl (C=O) groups excluding carboxylic acids is 1. The number of hydrogen-bond acceptors (Lipinski definition) is 7. The second-order valence-electron chi connectivity index (χ2n) is 9.80. The maximum Gasteiger partial charge on any atom is 0.220 e. The van der Waals surface area contributed by atoms with Gasteiger partial charge in [0, 0.05) is 32.0 Å². The number of aromatic nitrogens is 4. The summed E-state index contributed by atoms with van der Waals surface area (Å²) < 4.78 is 7.79. The van der Waals surface area contributed by atoms with E-state index in [9.17, 15) is 4.79 Å². The van der Waals surface area contributed by atoms with Crippen molar-refractivity contribution in [3.05, 3.63) is 41.6 Å². The number of carbonyl (C=O) groups is 1. The van der Waals surface area contributed by atoms with Crippen LogP contribution >= 0.6 is 0 Å². The highest BCUT2D eigenvalue weighted by atomic mass is 16.3. The van der Waals surface area contributed by atoms with E-state index in [0.717, 1.165) is 43.5 Å². The van der Waals surface area contributed by atoms with Gasteiger partial charge in [-0.05, 0) is 69.3 Å². The van der Waals surface area contributed by atoms with Crippen LogP contribution < -0.4 is 10.2 Å². The number of piperidine rings is 2. The minimum Gasteiger partial charge on any atom is -0.463 e. The number of fused-ring (bicyclic) bond motifs is 1. The van der Waals surface area contributed by atoms with Gasteiger partial charge < -0.3 is 14.6 Å². The Kier molecular flexibility index (Phi) is 7.61. The molecule has 0 aliphatic carbocycles. The van der Waals surface area contributed by atoms with Gasteiger partial charge in [0.05, 0.1) is 13.1 Å². The summed E-state index contributed by atoms with van der Waals surface area (Å²) in [5.41, 5.74) is 0.711. The predicted molar refractivity (Wildman–Crippen MR) is 134 cm³/mol. The van der Waals surface area contributed by atoms with Gasteiger partial charge in [0.2, 0.25) is 5.91 Å². The van der Waals surface area contributed by atoms with Crippen LogP contribution in [-0.2, 0) is 24.3 Å². The fourth-order valence-electron chi connectivity index (χ4n) is 5.30. The highest BCUT2D eigenvalue weighted by molar-refractivity contribution is 5.76. The number of amides is 1. The summed E-state index contributed by atoms with van der Waals surface area (Å²) in [7, 11) is 0. The number of rotatable bonds is 9. The van der Waals surface area contributed by atoms with Crippen LogP contribution in [0, 0.1) is 0 Å². The summed E-state index contributed by atoms with van der Waals surface area (Å²) in [5.74, 6) is 3.39. The van der Waals surface area contributed by atoms with Crippen molar-refractivity contribution in [2.75, 3.05) is 24.5 Å². The molecule has 1 N–H and O–H groups in total. The molecule has 5 rings (SSSR count). The van der Waals surface area contributed by atoms with Crippen LogP contribution in [-0.4, -0.2) is 56.3 Å². The Balaban J connectivity index is 1.12. The number of nitrogens with one attached hydrogen (secondary N) is 1. The van der Waals surface area contributed by atoms with Crippen molar-refractivity contribution in [2.45, 2.75) is 83.8 Å². The molecule has 188 valence electrons. The van der Waals surface area contributed by atoms with Crippen LogP contribution in [0.1, 0.15) is 75.6 Å². The van der Waals surface area contributed by atoms with Crippen molar-refractivity contribution in [1.29, 1.82) is 0 Å². The molecule has 1 amide bonds. The molecule has 2 saturated heterocycles. The van der Waals surface area contributed by atoms with Crippen molar-refractivity contribution >= 4 is 17.4 Å². The molecule has 5 heterocycles. The Bertz CT molecular complexity index is 1120. The maximum atomic E-state index is 12.5. The Morgan fingerprint density at radius 1 is 1.03 bits per heavy atom. The number of furan rings is 1. The minimum absolute atomic E-state index is 0.0334. The van der Waals surface area contributed by atoms with E-state index in [-0.39, 0.29) is 5.91 Å². The minimum atomic E-state index is -0.0334. The lowest BCUT2D eigenvalue weighted by atomic mass is 10.00. The quantitative estimate of drug-likeness (QED) is 0.500. The molecule has 9 nitrogen and oxygen atoms in total. The first kappa shape index (κ1) is 23.8. The molecule has 0 saturated carbocycles. The number of aryl methyl sites for hydroxylation is 1. The van der Waals surface area contributed by atoms with Gasteiger partial charge in [-0.3, -0.25) is 9.69 Å². The Morgan fingerprint density at radius 3 is 2.71 bits per heavy atom. The Hall–Kier alpha value is -2.94. The van der Waals surface area contributed by atoms with Crippen LogP contribution in [0.25, 0.3) is 5.65 Å². The van der Waals surface area contributed by atoms with Crippen LogP contribution in [0.15, 0.2) is 28.7 Å². The fourth-order valence-corrected chi connectivity index (χ4v) is 5.30. The largest absolute Gasteiger partial charge is 0.463 e. The molecule has 2 fully saturated rings. The molecule has 35 heavy (non-hydrogen) atoms. The molecule has 2 aliphatic rings. The smallest absolute Gasteiger partial charge is 0.220 e.